The van der Waals surface area contributed by atoms with E-state index in [9.17, 15) is 14.4 Å². The zero-order valence-electron chi connectivity index (χ0n) is 25.3. The molecule has 1 aliphatic rings. The smallest absolute Gasteiger partial charge is 0.303 e. The number of nitrogens with zero attached hydrogens (tertiary/aromatic N) is 5. The number of likely N-dealkylation sites (N-methyl/N-ethyl adjacent to an activating group) is 1. The molecular weight excluding hydrogens is 574 g/mol. The fourth-order valence-electron chi connectivity index (χ4n) is 4.49. The topological polar surface area (TPSA) is 161 Å². The molecule has 1 fully saturated rings. The number of nitrogens with one attached hydrogen (secondary N) is 2. The molecule has 0 bridgehead atoms. The number of aromatic nitrogens is 3. The number of carboxylic acid groups (broad SMARTS) is 2. The van der Waals surface area contributed by atoms with E-state index in [-0.39, 0.29) is 18.7 Å². The van der Waals surface area contributed by atoms with Crippen molar-refractivity contribution in [1.82, 2.24) is 24.8 Å². The van der Waals surface area contributed by atoms with Crippen LogP contribution in [0.3, 0.4) is 0 Å². The van der Waals surface area contributed by atoms with E-state index in [4.69, 9.17) is 10.2 Å². The molecule has 234 valence electrons. The van der Waals surface area contributed by atoms with E-state index in [0.717, 1.165) is 55.2 Å². The molecule has 12 nitrogen and oxygen atoms in total. The van der Waals surface area contributed by atoms with Crippen LogP contribution >= 0.6 is 0 Å². The maximum atomic E-state index is 12.9. The largest absolute Gasteiger partial charge is 0.481 e. The Morgan fingerprint density at radius 1 is 0.889 bits per heavy atom. The Morgan fingerprint density at radius 3 is 2.24 bits per heavy atom. The number of carbonyl (C=O) groups is 3. The van der Waals surface area contributed by atoms with E-state index in [1.165, 1.54) is 5.56 Å². The van der Waals surface area contributed by atoms with Crippen LogP contribution in [0.2, 0.25) is 0 Å². The second-order valence-electron chi connectivity index (χ2n) is 10.7. The van der Waals surface area contributed by atoms with Gasteiger partial charge in [0.15, 0.2) is 0 Å². The average molecular weight is 612 g/mol. The molecule has 2 aromatic heterocycles. The van der Waals surface area contributed by atoms with E-state index in [2.05, 4.69) is 42.4 Å². The number of anilines is 3. The Bertz CT molecular complexity index is 1580. The number of hydrogen-bond donors (Lipinski definition) is 4. The number of pyridine rings is 1. The number of amides is 1. The molecule has 12 heteroatoms. The molecule has 45 heavy (non-hydrogen) atoms. The standard InChI is InChI=1S/C29H31N7O.C4H6O4/c1-21-5-10-25(18-27(21)34-29-31-13-11-26(33-29)24-4-3-12-30-19-24)32-28(37)23-8-6-22(7-9-23)20-36-16-14-35(2)15-17-36;5-3(6)1-2-4(7)8/h3-13,18-19H,14-17,20H2,1-2H3,(H,32,37)(H,31,33,34);1-2H2,(H,5,6)(H,7,8). The zero-order chi connectivity index (χ0) is 32.2. The van der Waals surface area contributed by atoms with Gasteiger partial charge in [-0.1, -0.05) is 18.2 Å². The quantitative estimate of drug-likeness (QED) is 0.199. The number of rotatable bonds is 10. The van der Waals surface area contributed by atoms with Crippen LogP contribution in [0.1, 0.15) is 34.3 Å². The van der Waals surface area contributed by atoms with Crippen LogP contribution in [0.15, 0.2) is 79.3 Å². The molecule has 3 heterocycles. The van der Waals surface area contributed by atoms with Gasteiger partial charge in [0.05, 0.1) is 18.5 Å². The highest BCUT2D eigenvalue weighted by molar-refractivity contribution is 6.04. The van der Waals surface area contributed by atoms with Crippen molar-refractivity contribution >= 4 is 35.2 Å². The van der Waals surface area contributed by atoms with Gasteiger partial charge >= 0.3 is 11.9 Å². The molecule has 0 saturated carbocycles. The number of aryl methyl sites for hydroxylation is 1. The number of piperazine rings is 1. The van der Waals surface area contributed by atoms with Gasteiger partial charge in [0, 0.05) is 73.8 Å². The summed E-state index contributed by atoms with van der Waals surface area (Å²) < 4.78 is 0. The Kier molecular flexibility index (Phi) is 11.7. The molecule has 0 spiro atoms. The van der Waals surface area contributed by atoms with E-state index in [0.29, 0.717) is 17.2 Å². The van der Waals surface area contributed by atoms with Crippen molar-refractivity contribution in [2.75, 3.05) is 43.9 Å². The highest BCUT2D eigenvalue weighted by atomic mass is 16.4. The summed E-state index contributed by atoms with van der Waals surface area (Å²) in [6.07, 6.45) is 4.62. The monoisotopic (exact) mass is 611 g/mol. The number of aliphatic carboxylic acids is 2. The molecule has 0 unspecified atom stereocenters. The first-order valence-corrected chi connectivity index (χ1v) is 14.5. The second kappa shape index (κ2) is 16.0. The predicted molar refractivity (Wildman–Crippen MR) is 171 cm³/mol. The number of carbonyl (C=O) groups excluding carboxylic acids is 1. The average Bonchev–Trinajstić information content (AvgIpc) is 3.04. The lowest BCUT2D eigenvalue weighted by Crippen LogP contribution is -2.43. The van der Waals surface area contributed by atoms with Crippen molar-refractivity contribution in [3.63, 3.8) is 0 Å². The van der Waals surface area contributed by atoms with E-state index >= 15 is 0 Å². The molecule has 1 aliphatic heterocycles. The van der Waals surface area contributed by atoms with Gasteiger partial charge < -0.3 is 25.7 Å². The fourth-order valence-corrected chi connectivity index (χ4v) is 4.49. The lowest BCUT2D eigenvalue weighted by Gasteiger charge is -2.32. The minimum Gasteiger partial charge on any atom is -0.481 e. The molecule has 2 aromatic carbocycles. The molecule has 1 amide bonds. The number of carboxylic acids is 2. The van der Waals surface area contributed by atoms with Crippen LogP contribution in [-0.2, 0) is 16.1 Å². The summed E-state index contributed by atoms with van der Waals surface area (Å²) in [6.45, 7) is 7.24. The second-order valence-corrected chi connectivity index (χ2v) is 10.7. The molecular formula is C33H37N7O5. The summed E-state index contributed by atoms with van der Waals surface area (Å²) in [7, 11) is 2.16. The van der Waals surface area contributed by atoms with Crippen LogP contribution in [0.4, 0.5) is 17.3 Å². The summed E-state index contributed by atoms with van der Waals surface area (Å²) in [5.41, 5.74) is 6.08. The molecule has 0 atom stereocenters. The van der Waals surface area contributed by atoms with Gasteiger partial charge in [-0.3, -0.25) is 24.3 Å². The number of hydrogen-bond acceptors (Lipinski definition) is 9. The number of benzene rings is 2. The van der Waals surface area contributed by atoms with Gasteiger partial charge in [0.25, 0.3) is 5.91 Å². The highest BCUT2D eigenvalue weighted by Crippen LogP contribution is 2.25. The third-order valence-electron chi connectivity index (χ3n) is 7.13. The third kappa shape index (κ3) is 10.5. The first kappa shape index (κ1) is 32.7. The predicted octanol–water partition coefficient (Wildman–Crippen LogP) is 4.53. The molecule has 4 aromatic rings. The molecule has 4 N–H and O–H groups in total. The van der Waals surface area contributed by atoms with Gasteiger partial charge in [-0.25, -0.2) is 9.97 Å². The van der Waals surface area contributed by atoms with Crippen LogP contribution in [0, 0.1) is 6.92 Å². The first-order valence-electron chi connectivity index (χ1n) is 14.5. The van der Waals surface area contributed by atoms with Crippen molar-refractivity contribution in [3.8, 4) is 11.3 Å². The van der Waals surface area contributed by atoms with Crippen molar-refractivity contribution in [2.24, 2.45) is 0 Å². The van der Waals surface area contributed by atoms with Gasteiger partial charge in [0.2, 0.25) is 5.95 Å². The lowest BCUT2D eigenvalue weighted by atomic mass is 10.1. The molecule has 5 rings (SSSR count). The Hall–Kier alpha value is -5.20. The van der Waals surface area contributed by atoms with Crippen LogP contribution < -0.4 is 10.6 Å². The molecule has 1 saturated heterocycles. The molecule has 0 radical (unpaired) electrons. The third-order valence-corrected chi connectivity index (χ3v) is 7.13. The van der Waals surface area contributed by atoms with Crippen molar-refractivity contribution in [3.05, 3.63) is 95.9 Å². The van der Waals surface area contributed by atoms with Crippen molar-refractivity contribution in [1.29, 1.82) is 0 Å². The van der Waals surface area contributed by atoms with Gasteiger partial charge in [-0.2, -0.15) is 0 Å². The highest BCUT2D eigenvalue weighted by Gasteiger charge is 2.14. The van der Waals surface area contributed by atoms with Crippen LogP contribution in [-0.4, -0.2) is 86.0 Å². The van der Waals surface area contributed by atoms with E-state index in [1.54, 1.807) is 18.6 Å². The Balaban J connectivity index is 0.000000510. The summed E-state index contributed by atoms with van der Waals surface area (Å²) in [5.74, 6) is -1.82. The van der Waals surface area contributed by atoms with Crippen molar-refractivity contribution in [2.45, 2.75) is 26.3 Å². The maximum Gasteiger partial charge on any atom is 0.303 e. The fraction of sp³-hybridized carbons (Fsp3) is 0.273. The normalized spacial score (nSPS) is 13.3. The van der Waals surface area contributed by atoms with E-state index < -0.39 is 11.9 Å². The Morgan fingerprint density at radius 2 is 1.60 bits per heavy atom. The maximum absolute atomic E-state index is 12.9. The minimum absolute atomic E-state index is 0.143. The van der Waals surface area contributed by atoms with Gasteiger partial charge in [-0.05, 0) is 67.6 Å². The SMILES string of the molecule is Cc1ccc(NC(=O)c2ccc(CN3CCN(C)CC3)cc2)cc1Nc1nccc(-c2cccnc2)n1.O=C(O)CCC(=O)O. The van der Waals surface area contributed by atoms with Crippen LogP contribution in [0.5, 0.6) is 0 Å². The van der Waals surface area contributed by atoms with E-state index in [1.807, 2.05) is 67.6 Å². The van der Waals surface area contributed by atoms with Crippen LogP contribution in [0.25, 0.3) is 11.3 Å². The van der Waals surface area contributed by atoms with Gasteiger partial charge in [0.1, 0.15) is 0 Å². The first-order chi connectivity index (χ1) is 21.7. The summed E-state index contributed by atoms with van der Waals surface area (Å²) in [6, 6.07) is 19.3. The molecule has 0 aliphatic carbocycles. The summed E-state index contributed by atoms with van der Waals surface area (Å²) >= 11 is 0. The Labute approximate surface area is 261 Å². The summed E-state index contributed by atoms with van der Waals surface area (Å²) in [5, 5.41) is 22.1. The zero-order valence-corrected chi connectivity index (χ0v) is 25.3. The lowest BCUT2D eigenvalue weighted by molar-refractivity contribution is -0.143. The van der Waals surface area contributed by atoms with Crippen molar-refractivity contribution < 1.29 is 24.6 Å². The van der Waals surface area contributed by atoms with Gasteiger partial charge in [-0.15, -0.1) is 0 Å². The minimum atomic E-state index is -1.08. The summed E-state index contributed by atoms with van der Waals surface area (Å²) in [4.78, 5) is 50.1.